The van der Waals surface area contributed by atoms with Crippen LogP contribution >= 0.6 is 11.6 Å². The Bertz CT molecular complexity index is 1970. The van der Waals surface area contributed by atoms with Crippen LogP contribution in [-0.2, 0) is 16.6 Å². The lowest BCUT2D eigenvalue weighted by molar-refractivity contribution is 0.0772. The molecule has 1 amide bonds. The number of rotatable bonds is 8. The number of halogens is 1. The number of anilines is 1. The van der Waals surface area contributed by atoms with Crippen LogP contribution in [0.15, 0.2) is 126 Å². The molecule has 0 N–H and O–H groups in total. The van der Waals surface area contributed by atoms with E-state index in [1.54, 1.807) is 35.2 Å². The molecule has 1 aliphatic heterocycles. The van der Waals surface area contributed by atoms with Crippen LogP contribution in [0.1, 0.15) is 27.9 Å². The molecule has 44 heavy (non-hydrogen) atoms. The molecule has 0 atom stereocenters. The lowest BCUT2D eigenvalue weighted by Crippen LogP contribution is -2.35. The van der Waals surface area contributed by atoms with Crippen molar-refractivity contribution in [1.82, 2.24) is 4.90 Å². The number of carbonyl (C=O) groups is 1. The number of methoxy groups -OCH3 is 1. The van der Waals surface area contributed by atoms with Gasteiger partial charge in [0.15, 0.2) is 0 Å². The van der Waals surface area contributed by atoms with E-state index in [1.165, 1.54) is 45.5 Å². The minimum Gasteiger partial charge on any atom is -0.495 e. The van der Waals surface area contributed by atoms with Gasteiger partial charge in [0.2, 0.25) is 0 Å². The largest absolute Gasteiger partial charge is 0.495 e. The fraction of sp³-hybridized carbons (Fsp3) is 0.139. The van der Waals surface area contributed by atoms with Gasteiger partial charge < -0.3 is 9.64 Å². The van der Waals surface area contributed by atoms with Gasteiger partial charge in [0.05, 0.1) is 24.4 Å². The van der Waals surface area contributed by atoms with E-state index in [1.807, 2.05) is 42.5 Å². The van der Waals surface area contributed by atoms with Crippen LogP contribution in [0.2, 0.25) is 5.02 Å². The van der Waals surface area contributed by atoms with E-state index in [-0.39, 0.29) is 27.9 Å². The molecule has 0 saturated carbocycles. The van der Waals surface area contributed by atoms with Gasteiger partial charge in [-0.1, -0.05) is 103 Å². The Morgan fingerprint density at radius 2 is 1.61 bits per heavy atom. The summed E-state index contributed by atoms with van der Waals surface area (Å²) < 4.78 is 35.5. The van der Waals surface area contributed by atoms with E-state index in [0.717, 1.165) is 5.56 Å². The van der Waals surface area contributed by atoms with Crippen molar-refractivity contribution in [2.75, 3.05) is 24.5 Å². The summed E-state index contributed by atoms with van der Waals surface area (Å²) in [7, 11) is -2.73. The van der Waals surface area contributed by atoms with Gasteiger partial charge in [-0.3, -0.25) is 9.10 Å². The molecular weight excluding hydrogens is 592 g/mol. The minimum atomic E-state index is -4.23. The molecule has 0 spiro atoms. The summed E-state index contributed by atoms with van der Waals surface area (Å²) in [5.41, 5.74) is 3.78. The van der Waals surface area contributed by atoms with Gasteiger partial charge in [-0.05, 0) is 64.2 Å². The highest BCUT2D eigenvalue weighted by atomic mass is 35.5. The van der Waals surface area contributed by atoms with Gasteiger partial charge in [0.1, 0.15) is 10.6 Å². The Hall–Kier alpha value is -4.59. The summed E-state index contributed by atoms with van der Waals surface area (Å²) in [6.07, 6.45) is 2.77. The second-order valence-electron chi connectivity index (χ2n) is 10.6. The quantitative estimate of drug-likeness (QED) is 0.177. The highest BCUT2D eigenvalue weighted by Crippen LogP contribution is 2.36. The standard InChI is InChI=1S/C36H31ClN2O4S/c1-43-34-17-8-7-16-33(34)39(25-26-10-3-2-4-11-26)44(41,42)35-24-29(18-19-32(35)37)36(40)38-22-20-28(21-23-38)31-15-9-13-27-12-5-6-14-30(27)31/h2-20,24H,21-23,25H2,1H3. The summed E-state index contributed by atoms with van der Waals surface area (Å²) in [5.74, 6) is 0.149. The molecule has 0 radical (unpaired) electrons. The van der Waals surface area contributed by atoms with Crippen LogP contribution in [0, 0.1) is 0 Å². The van der Waals surface area contributed by atoms with Crippen molar-refractivity contribution in [3.63, 3.8) is 0 Å². The summed E-state index contributed by atoms with van der Waals surface area (Å²) >= 11 is 6.54. The molecule has 0 aliphatic carbocycles. The highest BCUT2D eigenvalue weighted by Gasteiger charge is 2.31. The summed E-state index contributed by atoms with van der Waals surface area (Å²) in [5, 5.41) is 2.39. The third-order valence-corrected chi connectivity index (χ3v) is 10.1. The minimum absolute atomic E-state index is 0.0336. The van der Waals surface area contributed by atoms with Crippen LogP contribution in [0.25, 0.3) is 16.3 Å². The molecule has 5 aromatic carbocycles. The lowest BCUT2D eigenvalue weighted by Gasteiger charge is -2.28. The number of fused-ring (bicyclic) bond motifs is 1. The molecule has 0 bridgehead atoms. The molecule has 6 rings (SSSR count). The fourth-order valence-corrected chi connectivity index (χ4v) is 7.59. The maximum Gasteiger partial charge on any atom is 0.266 e. The fourth-order valence-electron chi connectivity index (χ4n) is 5.62. The van der Waals surface area contributed by atoms with Crippen LogP contribution in [0.4, 0.5) is 5.69 Å². The Kier molecular flexibility index (Phi) is 8.42. The number of benzene rings is 5. The number of nitrogens with zero attached hydrogens (tertiary/aromatic N) is 2. The van der Waals surface area contributed by atoms with E-state index >= 15 is 0 Å². The maximum atomic E-state index is 14.3. The van der Waals surface area contributed by atoms with E-state index < -0.39 is 10.0 Å². The van der Waals surface area contributed by atoms with E-state index in [9.17, 15) is 13.2 Å². The van der Waals surface area contributed by atoms with Crippen LogP contribution in [0.5, 0.6) is 5.75 Å². The molecule has 0 aromatic heterocycles. The molecule has 0 fully saturated rings. The first kappa shape index (κ1) is 29.5. The van der Waals surface area contributed by atoms with Gasteiger partial charge in [0, 0.05) is 18.7 Å². The van der Waals surface area contributed by atoms with Crippen molar-refractivity contribution >= 4 is 49.6 Å². The number of hydrogen-bond donors (Lipinski definition) is 0. The Morgan fingerprint density at radius 3 is 2.39 bits per heavy atom. The number of hydrogen-bond acceptors (Lipinski definition) is 4. The van der Waals surface area contributed by atoms with Gasteiger partial charge in [-0.15, -0.1) is 0 Å². The second-order valence-corrected chi connectivity index (χ2v) is 12.8. The van der Waals surface area contributed by atoms with Gasteiger partial charge >= 0.3 is 0 Å². The number of para-hydroxylation sites is 2. The third kappa shape index (κ3) is 5.81. The molecule has 0 unspecified atom stereocenters. The van der Waals surface area contributed by atoms with Gasteiger partial charge in [0.25, 0.3) is 15.9 Å². The van der Waals surface area contributed by atoms with Crippen molar-refractivity contribution < 1.29 is 17.9 Å². The van der Waals surface area contributed by atoms with Crippen molar-refractivity contribution in [3.05, 3.63) is 143 Å². The van der Waals surface area contributed by atoms with Crippen molar-refractivity contribution in [1.29, 1.82) is 0 Å². The third-order valence-electron chi connectivity index (χ3n) is 7.90. The average Bonchev–Trinajstić information content (AvgIpc) is 3.07. The Labute approximate surface area is 262 Å². The molecule has 6 nitrogen and oxygen atoms in total. The lowest BCUT2D eigenvalue weighted by atomic mass is 9.94. The van der Waals surface area contributed by atoms with E-state index in [2.05, 4.69) is 36.4 Å². The topological polar surface area (TPSA) is 66.9 Å². The first-order chi connectivity index (χ1) is 21.4. The number of ether oxygens (including phenoxy) is 1. The zero-order valence-electron chi connectivity index (χ0n) is 24.2. The SMILES string of the molecule is COc1ccccc1N(Cc1ccccc1)S(=O)(=O)c1cc(C(=O)N2CC=C(c3cccc4ccccc34)CC2)ccc1Cl. The molecule has 8 heteroatoms. The first-order valence-corrected chi connectivity index (χ1v) is 16.1. The van der Waals surface area contributed by atoms with Gasteiger partial charge in [-0.25, -0.2) is 8.42 Å². The molecule has 222 valence electrons. The molecule has 5 aromatic rings. The first-order valence-electron chi connectivity index (χ1n) is 14.3. The van der Waals surface area contributed by atoms with Crippen molar-refractivity contribution in [3.8, 4) is 5.75 Å². The Morgan fingerprint density at radius 1 is 0.886 bits per heavy atom. The van der Waals surface area contributed by atoms with Crippen molar-refractivity contribution in [2.45, 2.75) is 17.9 Å². The smallest absolute Gasteiger partial charge is 0.266 e. The van der Waals surface area contributed by atoms with Crippen LogP contribution in [-0.4, -0.2) is 39.4 Å². The monoisotopic (exact) mass is 622 g/mol. The molecular formula is C36H31ClN2O4S. The average molecular weight is 623 g/mol. The van der Waals surface area contributed by atoms with E-state index in [4.69, 9.17) is 16.3 Å². The number of amides is 1. The predicted octanol–water partition coefficient (Wildman–Crippen LogP) is 7.83. The predicted molar refractivity (Wildman–Crippen MR) is 177 cm³/mol. The molecule has 1 aliphatic rings. The van der Waals surface area contributed by atoms with Crippen molar-refractivity contribution in [2.24, 2.45) is 0 Å². The Balaban J connectivity index is 1.31. The van der Waals surface area contributed by atoms with Crippen LogP contribution < -0.4 is 9.04 Å². The summed E-state index contributed by atoms with van der Waals surface area (Å²) in [6, 6.07) is 35.2. The van der Waals surface area contributed by atoms with E-state index in [0.29, 0.717) is 30.9 Å². The van der Waals surface area contributed by atoms with Crippen LogP contribution in [0.3, 0.4) is 0 Å². The molecule has 0 saturated heterocycles. The molecule has 1 heterocycles. The highest BCUT2D eigenvalue weighted by molar-refractivity contribution is 7.93. The zero-order chi connectivity index (χ0) is 30.7. The second kappa shape index (κ2) is 12.6. The normalized spacial score (nSPS) is 13.4. The summed E-state index contributed by atoms with van der Waals surface area (Å²) in [6.45, 7) is 0.981. The number of carbonyl (C=O) groups excluding carboxylic acids is 1. The summed E-state index contributed by atoms with van der Waals surface area (Å²) in [4.78, 5) is 15.3. The van der Waals surface area contributed by atoms with Gasteiger partial charge in [-0.2, -0.15) is 0 Å². The number of sulfonamides is 1. The zero-order valence-corrected chi connectivity index (χ0v) is 25.8. The maximum absolute atomic E-state index is 14.3.